The Hall–Kier alpha value is -2.10. The van der Waals surface area contributed by atoms with Crippen molar-refractivity contribution < 1.29 is 14.6 Å². The molecule has 0 aliphatic rings. The minimum atomic E-state index is -0.727. The molecule has 0 aliphatic heterocycles. The first-order chi connectivity index (χ1) is 9.65. The molecule has 0 aromatic heterocycles. The number of aliphatic hydroxyl groups is 1. The van der Waals surface area contributed by atoms with Gasteiger partial charge in [0, 0.05) is 13.1 Å². The Kier molecular flexibility index (Phi) is 7.11. The zero-order valence-corrected chi connectivity index (χ0v) is 11.4. The number of hydrogen-bond donors (Lipinski definition) is 3. The third-order valence-corrected chi connectivity index (χ3v) is 2.44. The van der Waals surface area contributed by atoms with Crippen LogP contribution in [0.4, 0.5) is 0 Å². The molecule has 1 amide bonds. The van der Waals surface area contributed by atoms with Gasteiger partial charge in [0.25, 0.3) is 0 Å². The number of amides is 1. The molecular formula is C14H19N3O3. The molecule has 6 nitrogen and oxygen atoms in total. The van der Waals surface area contributed by atoms with Gasteiger partial charge in [0.15, 0.2) is 0 Å². The second kappa shape index (κ2) is 8.91. The van der Waals surface area contributed by atoms with Gasteiger partial charge in [-0.15, -0.1) is 0 Å². The van der Waals surface area contributed by atoms with Crippen molar-refractivity contribution in [3.8, 4) is 11.8 Å². The number of benzene rings is 1. The van der Waals surface area contributed by atoms with Crippen molar-refractivity contribution in [1.29, 1.82) is 5.26 Å². The van der Waals surface area contributed by atoms with Crippen LogP contribution in [-0.2, 0) is 4.79 Å². The number of nitrogens with zero attached hydrogens (tertiary/aromatic N) is 1. The van der Waals surface area contributed by atoms with Crippen LogP contribution in [0.1, 0.15) is 12.5 Å². The van der Waals surface area contributed by atoms with E-state index >= 15 is 0 Å². The van der Waals surface area contributed by atoms with Crippen LogP contribution < -0.4 is 15.4 Å². The summed E-state index contributed by atoms with van der Waals surface area (Å²) in [5, 5.41) is 23.9. The van der Waals surface area contributed by atoms with Gasteiger partial charge in [-0.3, -0.25) is 4.79 Å². The summed E-state index contributed by atoms with van der Waals surface area (Å²) in [5.41, 5.74) is 0.506. The highest BCUT2D eigenvalue weighted by Crippen LogP contribution is 2.12. The molecular weight excluding hydrogens is 258 g/mol. The van der Waals surface area contributed by atoms with Crippen LogP contribution in [0.5, 0.6) is 5.75 Å². The van der Waals surface area contributed by atoms with Crippen LogP contribution in [0.25, 0.3) is 0 Å². The average molecular weight is 277 g/mol. The van der Waals surface area contributed by atoms with E-state index in [1.165, 1.54) is 0 Å². The Labute approximate surface area is 118 Å². The fourth-order valence-electron chi connectivity index (χ4n) is 1.52. The van der Waals surface area contributed by atoms with Crippen molar-refractivity contribution in [2.75, 3.05) is 26.2 Å². The number of nitriles is 1. The third kappa shape index (κ3) is 6.18. The number of likely N-dealkylation sites (N-methyl/N-ethyl adjacent to an activating group) is 1. The first-order valence-corrected chi connectivity index (χ1v) is 6.44. The summed E-state index contributed by atoms with van der Waals surface area (Å²) in [4.78, 5) is 11.2. The Balaban J connectivity index is 2.24. The second-order valence-electron chi connectivity index (χ2n) is 4.19. The van der Waals surface area contributed by atoms with Gasteiger partial charge < -0.3 is 20.5 Å². The number of hydrogen-bond acceptors (Lipinski definition) is 5. The molecule has 1 rings (SSSR count). The molecule has 1 unspecified atom stereocenters. The summed E-state index contributed by atoms with van der Waals surface area (Å²) in [6, 6.07) is 8.73. The van der Waals surface area contributed by atoms with Crippen LogP contribution in [-0.4, -0.2) is 43.4 Å². The molecule has 0 saturated heterocycles. The minimum absolute atomic E-state index is 0.0945. The van der Waals surface area contributed by atoms with Gasteiger partial charge in [-0.05, 0) is 25.1 Å². The maximum atomic E-state index is 11.2. The van der Waals surface area contributed by atoms with Gasteiger partial charge in [0.2, 0.25) is 5.91 Å². The number of carbonyl (C=O) groups excluding carboxylic acids is 1. The van der Waals surface area contributed by atoms with Crippen molar-refractivity contribution in [2.24, 2.45) is 0 Å². The monoisotopic (exact) mass is 277 g/mol. The van der Waals surface area contributed by atoms with Gasteiger partial charge >= 0.3 is 0 Å². The van der Waals surface area contributed by atoms with Crippen LogP contribution in [0, 0.1) is 11.3 Å². The van der Waals surface area contributed by atoms with Crippen LogP contribution >= 0.6 is 0 Å². The second-order valence-corrected chi connectivity index (χ2v) is 4.19. The van der Waals surface area contributed by atoms with E-state index in [9.17, 15) is 9.90 Å². The molecule has 0 saturated carbocycles. The van der Waals surface area contributed by atoms with Crippen LogP contribution in [0.15, 0.2) is 24.3 Å². The largest absolute Gasteiger partial charge is 0.491 e. The van der Waals surface area contributed by atoms with Crippen molar-refractivity contribution in [3.63, 3.8) is 0 Å². The molecule has 1 aromatic rings. The fraction of sp³-hybridized carbons (Fsp3) is 0.429. The highest BCUT2D eigenvalue weighted by molar-refractivity contribution is 5.77. The smallest absolute Gasteiger partial charge is 0.233 e. The lowest BCUT2D eigenvalue weighted by Gasteiger charge is -2.13. The Bertz CT molecular complexity index is 471. The van der Waals surface area contributed by atoms with E-state index in [-0.39, 0.29) is 25.6 Å². The van der Waals surface area contributed by atoms with Gasteiger partial charge in [0.05, 0.1) is 18.2 Å². The van der Waals surface area contributed by atoms with E-state index in [4.69, 9.17) is 10.00 Å². The lowest BCUT2D eigenvalue weighted by molar-refractivity contribution is -0.120. The number of nitrogens with one attached hydrogen (secondary N) is 2. The number of carbonyl (C=O) groups is 1. The van der Waals surface area contributed by atoms with Crippen molar-refractivity contribution in [2.45, 2.75) is 13.0 Å². The first kappa shape index (κ1) is 16.0. The molecule has 3 N–H and O–H groups in total. The van der Waals surface area contributed by atoms with Gasteiger partial charge in [-0.25, -0.2) is 0 Å². The molecule has 0 bridgehead atoms. The summed E-state index contributed by atoms with van der Waals surface area (Å²) in [6.45, 7) is 2.94. The van der Waals surface area contributed by atoms with E-state index in [0.29, 0.717) is 17.9 Å². The number of rotatable bonds is 8. The van der Waals surface area contributed by atoms with E-state index in [1.807, 2.05) is 13.0 Å². The third-order valence-electron chi connectivity index (χ3n) is 2.44. The van der Waals surface area contributed by atoms with E-state index in [2.05, 4.69) is 10.6 Å². The lowest BCUT2D eigenvalue weighted by Crippen LogP contribution is -2.38. The SMILES string of the molecule is CCNC(=O)CNCC(O)COc1cccc(C#N)c1. The molecule has 108 valence electrons. The number of ether oxygens (including phenoxy) is 1. The van der Waals surface area contributed by atoms with Gasteiger partial charge in [0.1, 0.15) is 18.5 Å². The molecule has 0 aliphatic carbocycles. The summed E-state index contributed by atoms with van der Waals surface area (Å²) >= 11 is 0. The Morgan fingerprint density at radius 2 is 2.35 bits per heavy atom. The van der Waals surface area contributed by atoms with Crippen molar-refractivity contribution in [3.05, 3.63) is 29.8 Å². The first-order valence-electron chi connectivity index (χ1n) is 6.44. The molecule has 0 radical (unpaired) electrons. The summed E-state index contributed by atoms with van der Waals surface area (Å²) < 4.78 is 5.37. The lowest BCUT2D eigenvalue weighted by atomic mass is 10.2. The highest BCUT2D eigenvalue weighted by atomic mass is 16.5. The highest BCUT2D eigenvalue weighted by Gasteiger charge is 2.06. The molecule has 0 spiro atoms. The maximum Gasteiger partial charge on any atom is 0.233 e. The molecule has 20 heavy (non-hydrogen) atoms. The van der Waals surface area contributed by atoms with E-state index in [1.54, 1.807) is 24.3 Å². The van der Waals surface area contributed by atoms with E-state index < -0.39 is 6.10 Å². The Morgan fingerprint density at radius 1 is 1.55 bits per heavy atom. The van der Waals surface area contributed by atoms with Gasteiger partial charge in [-0.1, -0.05) is 6.07 Å². The fourth-order valence-corrected chi connectivity index (χ4v) is 1.52. The zero-order chi connectivity index (χ0) is 14.8. The maximum absolute atomic E-state index is 11.2. The minimum Gasteiger partial charge on any atom is -0.491 e. The normalized spacial score (nSPS) is 11.4. The molecule has 0 fully saturated rings. The predicted molar refractivity (Wildman–Crippen MR) is 74.2 cm³/mol. The van der Waals surface area contributed by atoms with E-state index in [0.717, 1.165) is 0 Å². The van der Waals surface area contributed by atoms with Crippen LogP contribution in [0.3, 0.4) is 0 Å². The molecule has 1 atom stereocenters. The average Bonchev–Trinajstić information content (AvgIpc) is 2.45. The molecule has 0 heterocycles. The number of aliphatic hydroxyl groups excluding tert-OH is 1. The topological polar surface area (TPSA) is 94.4 Å². The summed E-state index contributed by atoms with van der Waals surface area (Å²) in [5.74, 6) is 0.425. The predicted octanol–water partition coefficient (Wildman–Crippen LogP) is 0.0237. The van der Waals surface area contributed by atoms with Crippen LogP contribution in [0.2, 0.25) is 0 Å². The molecule has 6 heteroatoms. The molecule has 1 aromatic carbocycles. The summed E-state index contributed by atoms with van der Waals surface area (Å²) in [6.07, 6.45) is -0.727. The quantitative estimate of drug-likeness (QED) is 0.623. The zero-order valence-electron chi connectivity index (χ0n) is 11.4. The Morgan fingerprint density at radius 3 is 3.05 bits per heavy atom. The summed E-state index contributed by atoms with van der Waals surface area (Å²) in [7, 11) is 0. The van der Waals surface area contributed by atoms with Crippen molar-refractivity contribution in [1.82, 2.24) is 10.6 Å². The standard InChI is InChI=1S/C14H19N3O3/c1-2-17-14(19)9-16-8-12(18)10-20-13-5-3-4-11(6-13)7-15/h3-6,12,16,18H,2,8-10H2,1H3,(H,17,19). The van der Waals surface area contributed by atoms with Gasteiger partial charge in [-0.2, -0.15) is 5.26 Å². The van der Waals surface area contributed by atoms with Crippen molar-refractivity contribution >= 4 is 5.91 Å².